The van der Waals surface area contributed by atoms with Gasteiger partial charge >= 0.3 is 0 Å². The van der Waals surface area contributed by atoms with Crippen LogP contribution in [-0.4, -0.2) is 5.78 Å². The molecule has 2 aromatic rings. The van der Waals surface area contributed by atoms with Gasteiger partial charge in [-0.15, -0.1) is 0 Å². The van der Waals surface area contributed by atoms with Crippen LogP contribution in [0.3, 0.4) is 0 Å². The Morgan fingerprint density at radius 3 is 2.47 bits per heavy atom. The van der Waals surface area contributed by atoms with Crippen LogP contribution in [0.2, 0.25) is 5.02 Å². The largest absolute Gasteiger partial charge is 0.288 e. The Kier molecular flexibility index (Phi) is 3.20. The summed E-state index contributed by atoms with van der Waals surface area (Å²) in [6.07, 6.45) is 0. The molecule has 0 aromatic heterocycles. The van der Waals surface area contributed by atoms with Crippen LogP contribution in [-0.2, 0) is 0 Å². The summed E-state index contributed by atoms with van der Waals surface area (Å²) in [4.78, 5) is 11.9. The lowest BCUT2D eigenvalue weighted by Gasteiger charge is -2.03. The van der Waals surface area contributed by atoms with Crippen molar-refractivity contribution in [3.63, 3.8) is 0 Å². The summed E-state index contributed by atoms with van der Waals surface area (Å²) in [6.45, 7) is 0. The van der Waals surface area contributed by atoms with Gasteiger partial charge < -0.3 is 0 Å². The number of hydrogen-bond acceptors (Lipinski definition) is 1. The average molecular weight is 253 g/mol. The first-order valence-electron chi connectivity index (χ1n) is 4.83. The van der Waals surface area contributed by atoms with E-state index in [0.29, 0.717) is 11.1 Å². The molecule has 17 heavy (non-hydrogen) atoms. The van der Waals surface area contributed by atoms with Crippen molar-refractivity contribution in [1.29, 1.82) is 0 Å². The molecule has 0 bridgehead atoms. The normalized spacial score (nSPS) is 10.3. The van der Waals surface area contributed by atoms with Gasteiger partial charge in [0.15, 0.2) is 5.78 Å². The van der Waals surface area contributed by atoms with E-state index in [4.69, 9.17) is 11.6 Å². The van der Waals surface area contributed by atoms with Crippen LogP contribution in [0.5, 0.6) is 0 Å². The van der Waals surface area contributed by atoms with Crippen molar-refractivity contribution in [2.45, 2.75) is 0 Å². The predicted molar refractivity (Wildman–Crippen MR) is 61.2 cm³/mol. The van der Waals surface area contributed by atoms with Gasteiger partial charge in [0.25, 0.3) is 0 Å². The molecule has 0 unspecified atom stereocenters. The van der Waals surface area contributed by atoms with E-state index in [1.165, 1.54) is 12.1 Å². The molecule has 0 N–H and O–H groups in total. The molecule has 86 valence electrons. The number of carbonyl (C=O) groups excluding carboxylic acids is 1. The van der Waals surface area contributed by atoms with Crippen LogP contribution < -0.4 is 0 Å². The van der Waals surface area contributed by atoms with Crippen molar-refractivity contribution in [3.05, 3.63) is 70.2 Å². The summed E-state index contributed by atoms with van der Waals surface area (Å²) < 4.78 is 26.1. The highest BCUT2D eigenvalue weighted by Crippen LogP contribution is 2.17. The van der Waals surface area contributed by atoms with E-state index in [9.17, 15) is 13.6 Å². The van der Waals surface area contributed by atoms with E-state index < -0.39 is 17.4 Å². The van der Waals surface area contributed by atoms with Crippen molar-refractivity contribution in [3.8, 4) is 0 Å². The minimum absolute atomic E-state index is 0.173. The maximum absolute atomic E-state index is 13.4. The van der Waals surface area contributed by atoms with E-state index in [0.717, 1.165) is 12.1 Å². The van der Waals surface area contributed by atoms with Gasteiger partial charge in [0.2, 0.25) is 0 Å². The SMILES string of the molecule is O=C(c1cccc(Cl)c1)c1ccc(F)cc1F. The van der Waals surface area contributed by atoms with Crippen molar-refractivity contribution < 1.29 is 13.6 Å². The molecule has 0 amide bonds. The number of carbonyl (C=O) groups is 1. The molecule has 0 aliphatic heterocycles. The van der Waals surface area contributed by atoms with E-state index >= 15 is 0 Å². The van der Waals surface area contributed by atoms with Crippen molar-refractivity contribution >= 4 is 17.4 Å². The molecule has 0 heterocycles. The quantitative estimate of drug-likeness (QED) is 0.742. The third-order valence-electron chi connectivity index (χ3n) is 2.26. The third-order valence-corrected chi connectivity index (χ3v) is 2.50. The Balaban J connectivity index is 2.44. The Hall–Kier alpha value is -1.74. The standard InChI is InChI=1S/C13H7ClF2O/c14-9-3-1-2-8(6-9)13(17)11-5-4-10(15)7-12(11)16/h1-7H. The highest BCUT2D eigenvalue weighted by Gasteiger charge is 2.14. The molecule has 0 spiro atoms. The third kappa shape index (κ3) is 2.50. The minimum atomic E-state index is -0.880. The molecule has 0 saturated carbocycles. The highest BCUT2D eigenvalue weighted by atomic mass is 35.5. The second kappa shape index (κ2) is 4.63. The molecule has 0 aliphatic rings. The summed E-state index contributed by atoms with van der Waals surface area (Å²) in [5.41, 5.74) is 0.0941. The van der Waals surface area contributed by atoms with Crippen molar-refractivity contribution in [2.75, 3.05) is 0 Å². The lowest BCUT2D eigenvalue weighted by Crippen LogP contribution is -2.04. The van der Waals surface area contributed by atoms with Crippen molar-refractivity contribution in [2.24, 2.45) is 0 Å². The van der Waals surface area contributed by atoms with Gasteiger partial charge in [-0.05, 0) is 24.3 Å². The number of ketones is 1. The summed E-state index contributed by atoms with van der Waals surface area (Å²) in [5.74, 6) is -2.12. The minimum Gasteiger partial charge on any atom is -0.288 e. The van der Waals surface area contributed by atoms with E-state index in [1.54, 1.807) is 12.1 Å². The van der Waals surface area contributed by atoms with Crippen LogP contribution in [0.25, 0.3) is 0 Å². The van der Waals surface area contributed by atoms with Gasteiger partial charge in [-0.25, -0.2) is 8.78 Å². The first-order valence-corrected chi connectivity index (χ1v) is 5.21. The highest BCUT2D eigenvalue weighted by molar-refractivity contribution is 6.31. The molecule has 0 radical (unpaired) electrons. The Morgan fingerprint density at radius 2 is 1.82 bits per heavy atom. The fourth-order valence-electron chi connectivity index (χ4n) is 1.46. The Morgan fingerprint density at radius 1 is 1.06 bits per heavy atom. The zero-order valence-electron chi connectivity index (χ0n) is 8.58. The molecule has 0 aliphatic carbocycles. The molecule has 2 aromatic carbocycles. The van der Waals surface area contributed by atoms with Crippen LogP contribution in [0.4, 0.5) is 8.78 Å². The van der Waals surface area contributed by atoms with Gasteiger partial charge in [0.1, 0.15) is 11.6 Å². The van der Waals surface area contributed by atoms with Crippen molar-refractivity contribution in [1.82, 2.24) is 0 Å². The van der Waals surface area contributed by atoms with E-state index in [-0.39, 0.29) is 11.1 Å². The molecule has 2 rings (SSSR count). The summed E-state index contributed by atoms with van der Waals surface area (Å²) in [6, 6.07) is 9.01. The smallest absolute Gasteiger partial charge is 0.196 e. The van der Waals surface area contributed by atoms with Gasteiger partial charge in [-0.1, -0.05) is 23.7 Å². The average Bonchev–Trinajstić information content (AvgIpc) is 2.28. The summed E-state index contributed by atoms with van der Waals surface area (Å²) in [7, 11) is 0. The van der Waals surface area contributed by atoms with Gasteiger partial charge in [-0.3, -0.25) is 4.79 Å². The lowest BCUT2D eigenvalue weighted by molar-refractivity contribution is 0.103. The number of hydrogen-bond donors (Lipinski definition) is 0. The predicted octanol–water partition coefficient (Wildman–Crippen LogP) is 3.85. The van der Waals surface area contributed by atoms with E-state index in [1.807, 2.05) is 0 Å². The maximum Gasteiger partial charge on any atom is 0.196 e. The van der Waals surface area contributed by atoms with Crippen LogP contribution >= 0.6 is 11.6 Å². The Labute approximate surface area is 102 Å². The molecule has 4 heteroatoms. The zero-order chi connectivity index (χ0) is 12.4. The molecule has 0 fully saturated rings. The summed E-state index contributed by atoms with van der Waals surface area (Å²) >= 11 is 5.74. The summed E-state index contributed by atoms with van der Waals surface area (Å²) in [5, 5.41) is 0.387. The zero-order valence-corrected chi connectivity index (χ0v) is 9.34. The number of benzene rings is 2. The van der Waals surface area contributed by atoms with Gasteiger partial charge in [0, 0.05) is 16.7 Å². The molecule has 0 saturated heterocycles. The first kappa shape index (κ1) is 11.7. The first-order chi connectivity index (χ1) is 8.08. The molecular formula is C13H7ClF2O. The second-order valence-corrected chi connectivity index (χ2v) is 3.90. The van der Waals surface area contributed by atoms with Gasteiger partial charge in [-0.2, -0.15) is 0 Å². The van der Waals surface area contributed by atoms with Crippen LogP contribution in [0, 0.1) is 11.6 Å². The molecular weight excluding hydrogens is 246 g/mol. The topological polar surface area (TPSA) is 17.1 Å². The fourth-order valence-corrected chi connectivity index (χ4v) is 1.65. The maximum atomic E-state index is 13.4. The van der Waals surface area contributed by atoms with Gasteiger partial charge in [0.05, 0.1) is 5.56 Å². The molecule has 0 atom stereocenters. The second-order valence-electron chi connectivity index (χ2n) is 3.46. The van der Waals surface area contributed by atoms with Crippen LogP contribution in [0.1, 0.15) is 15.9 Å². The molecule has 1 nitrogen and oxygen atoms in total. The lowest BCUT2D eigenvalue weighted by atomic mass is 10.0. The number of rotatable bonds is 2. The van der Waals surface area contributed by atoms with Crippen LogP contribution in [0.15, 0.2) is 42.5 Å². The monoisotopic (exact) mass is 252 g/mol. The number of halogens is 3. The van der Waals surface area contributed by atoms with E-state index in [2.05, 4.69) is 0 Å². The Bertz CT molecular complexity index is 581. The fraction of sp³-hybridized carbons (Fsp3) is 0.